The Balaban J connectivity index is 1.99. The number of hydrogen-bond acceptors (Lipinski definition) is 3. The fraction of sp³-hybridized carbons (Fsp3) is 0.875. The molecule has 5 atom stereocenters. The van der Waals surface area contributed by atoms with Crippen LogP contribution in [0.5, 0.6) is 0 Å². The van der Waals surface area contributed by atoms with E-state index in [1.807, 2.05) is 6.92 Å². The van der Waals surface area contributed by atoms with Gasteiger partial charge in [0, 0.05) is 18.6 Å². The first-order valence-corrected chi connectivity index (χ1v) is 8.20. The molecule has 2 aliphatic rings. The molecule has 120 valence electrons. The Morgan fingerprint density at radius 1 is 1.14 bits per heavy atom. The summed E-state index contributed by atoms with van der Waals surface area (Å²) < 4.78 is 0. The first kappa shape index (κ1) is 16.3. The molecule has 0 spiro atoms. The molecular formula is C16H27NO4. The van der Waals surface area contributed by atoms with Crippen molar-refractivity contribution >= 4 is 11.9 Å². The minimum atomic E-state index is -0.853. The van der Waals surface area contributed by atoms with E-state index in [1.165, 1.54) is 0 Å². The lowest BCUT2D eigenvalue weighted by Gasteiger charge is -2.32. The molecule has 0 bridgehead atoms. The molecule has 0 heterocycles. The van der Waals surface area contributed by atoms with Crippen LogP contribution in [0.2, 0.25) is 0 Å². The van der Waals surface area contributed by atoms with Gasteiger partial charge in [0.25, 0.3) is 0 Å². The van der Waals surface area contributed by atoms with Crippen molar-refractivity contribution in [3.63, 3.8) is 0 Å². The first-order chi connectivity index (χ1) is 10.1. The van der Waals surface area contributed by atoms with Crippen LogP contribution in [-0.2, 0) is 9.59 Å². The Morgan fingerprint density at radius 3 is 2.43 bits per heavy atom. The second-order valence-corrected chi connectivity index (χ2v) is 6.64. The van der Waals surface area contributed by atoms with Gasteiger partial charge >= 0.3 is 5.97 Å². The van der Waals surface area contributed by atoms with Crippen LogP contribution >= 0.6 is 0 Å². The zero-order valence-electron chi connectivity index (χ0n) is 12.8. The highest BCUT2D eigenvalue weighted by atomic mass is 16.4. The number of carboxylic acids is 1. The Bertz CT molecular complexity index is 384. The van der Waals surface area contributed by atoms with Gasteiger partial charge in [-0.3, -0.25) is 9.59 Å². The van der Waals surface area contributed by atoms with E-state index >= 15 is 0 Å². The minimum absolute atomic E-state index is 0.00590. The number of carbonyl (C=O) groups excluding carboxylic acids is 1. The predicted octanol–water partition coefficient (Wildman–Crippen LogP) is 1.79. The average Bonchev–Trinajstić information content (AvgIpc) is 2.92. The molecule has 0 aromatic rings. The molecule has 3 N–H and O–H groups in total. The van der Waals surface area contributed by atoms with Gasteiger partial charge in [-0.15, -0.1) is 0 Å². The number of aliphatic hydroxyl groups excluding tert-OH is 1. The third-order valence-electron chi connectivity index (χ3n) is 5.36. The lowest BCUT2D eigenvalue weighted by Crippen LogP contribution is -2.46. The minimum Gasteiger partial charge on any atom is -0.481 e. The van der Waals surface area contributed by atoms with Crippen molar-refractivity contribution in [1.82, 2.24) is 5.32 Å². The van der Waals surface area contributed by atoms with Crippen molar-refractivity contribution in [2.75, 3.05) is 6.61 Å². The zero-order valence-corrected chi connectivity index (χ0v) is 12.8. The quantitative estimate of drug-likeness (QED) is 0.722. The van der Waals surface area contributed by atoms with E-state index in [2.05, 4.69) is 5.32 Å². The van der Waals surface area contributed by atoms with Gasteiger partial charge < -0.3 is 15.5 Å². The summed E-state index contributed by atoms with van der Waals surface area (Å²) in [5.74, 6) is -1.48. The molecule has 21 heavy (non-hydrogen) atoms. The van der Waals surface area contributed by atoms with Crippen molar-refractivity contribution in [2.24, 2.45) is 23.7 Å². The number of hydrogen-bond donors (Lipinski definition) is 3. The SMILES string of the molecule is CCC1C[C@H](C(=O)NC2CCCCC2CO)[C@H](C(=O)O)C1. The highest BCUT2D eigenvalue weighted by Gasteiger charge is 2.43. The largest absolute Gasteiger partial charge is 0.481 e. The van der Waals surface area contributed by atoms with Gasteiger partial charge in [-0.25, -0.2) is 0 Å². The van der Waals surface area contributed by atoms with Gasteiger partial charge in [0.1, 0.15) is 0 Å². The molecule has 1 amide bonds. The fourth-order valence-corrected chi connectivity index (χ4v) is 3.94. The monoisotopic (exact) mass is 297 g/mol. The van der Waals surface area contributed by atoms with Crippen molar-refractivity contribution < 1.29 is 19.8 Å². The predicted molar refractivity (Wildman–Crippen MR) is 78.6 cm³/mol. The van der Waals surface area contributed by atoms with E-state index in [4.69, 9.17) is 0 Å². The summed E-state index contributed by atoms with van der Waals surface area (Å²) in [6.07, 6.45) is 6.19. The lowest BCUT2D eigenvalue weighted by atomic mass is 9.84. The average molecular weight is 297 g/mol. The number of aliphatic hydroxyl groups is 1. The smallest absolute Gasteiger partial charge is 0.307 e. The molecule has 2 rings (SSSR count). The van der Waals surface area contributed by atoms with Gasteiger partial charge in [0.05, 0.1) is 11.8 Å². The van der Waals surface area contributed by atoms with E-state index in [0.29, 0.717) is 18.8 Å². The van der Waals surface area contributed by atoms with Gasteiger partial charge in [-0.2, -0.15) is 0 Å². The van der Waals surface area contributed by atoms with Crippen molar-refractivity contribution in [3.8, 4) is 0 Å². The highest BCUT2D eigenvalue weighted by molar-refractivity contribution is 5.85. The third-order valence-corrected chi connectivity index (χ3v) is 5.36. The maximum atomic E-state index is 12.5. The molecule has 0 radical (unpaired) electrons. The van der Waals surface area contributed by atoms with E-state index < -0.39 is 17.8 Å². The number of nitrogens with one attached hydrogen (secondary N) is 1. The molecule has 5 heteroatoms. The van der Waals surface area contributed by atoms with Crippen LogP contribution in [0.15, 0.2) is 0 Å². The van der Waals surface area contributed by atoms with Crippen LogP contribution in [0.25, 0.3) is 0 Å². The topological polar surface area (TPSA) is 86.6 Å². The van der Waals surface area contributed by atoms with Crippen LogP contribution in [-0.4, -0.2) is 34.7 Å². The van der Waals surface area contributed by atoms with Crippen LogP contribution < -0.4 is 5.32 Å². The summed E-state index contributed by atoms with van der Waals surface area (Å²) in [5, 5.41) is 21.8. The fourth-order valence-electron chi connectivity index (χ4n) is 3.94. The van der Waals surface area contributed by atoms with E-state index in [0.717, 1.165) is 32.1 Å². The number of amides is 1. The van der Waals surface area contributed by atoms with E-state index in [-0.39, 0.29) is 24.5 Å². The molecule has 0 saturated heterocycles. The molecule has 2 aliphatic carbocycles. The van der Waals surface area contributed by atoms with Crippen LogP contribution in [0.1, 0.15) is 51.9 Å². The number of carboxylic acid groups (broad SMARTS) is 1. The Morgan fingerprint density at radius 2 is 1.81 bits per heavy atom. The Kier molecular flexibility index (Phi) is 5.62. The normalized spacial score (nSPS) is 36.4. The highest BCUT2D eigenvalue weighted by Crippen LogP contribution is 2.39. The summed E-state index contributed by atoms with van der Waals surface area (Å²) in [6.45, 7) is 2.14. The molecule has 2 fully saturated rings. The van der Waals surface area contributed by atoms with E-state index in [1.54, 1.807) is 0 Å². The van der Waals surface area contributed by atoms with Crippen molar-refractivity contribution in [2.45, 2.75) is 57.9 Å². The lowest BCUT2D eigenvalue weighted by molar-refractivity contribution is -0.146. The summed E-state index contributed by atoms with van der Waals surface area (Å²) in [6, 6.07) is 0.00590. The molecule has 5 nitrogen and oxygen atoms in total. The molecule has 0 aromatic carbocycles. The third kappa shape index (κ3) is 3.76. The second-order valence-electron chi connectivity index (χ2n) is 6.64. The number of aliphatic carboxylic acids is 1. The zero-order chi connectivity index (χ0) is 15.4. The second kappa shape index (κ2) is 7.25. The Labute approximate surface area is 126 Å². The molecule has 0 aliphatic heterocycles. The Hall–Kier alpha value is -1.10. The maximum Gasteiger partial charge on any atom is 0.307 e. The van der Waals surface area contributed by atoms with Crippen LogP contribution in [0, 0.1) is 23.7 Å². The summed E-state index contributed by atoms with van der Waals surface area (Å²) in [5.41, 5.74) is 0. The van der Waals surface area contributed by atoms with E-state index in [9.17, 15) is 19.8 Å². The van der Waals surface area contributed by atoms with Crippen LogP contribution in [0.4, 0.5) is 0 Å². The first-order valence-electron chi connectivity index (χ1n) is 8.20. The molecule has 3 unspecified atom stereocenters. The van der Waals surface area contributed by atoms with Crippen molar-refractivity contribution in [1.29, 1.82) is 0 Å². The molecule has 2 saturated carbocycles. The standard InChI is InChI=1S/C16H27NO4/c1-2-10-7-12(13(8-10)16(20)21)15(19)17-14-6-4-3-5-11(14)9-18/h10-14,18H,2-9H2,1H3,(H,17,19)(H,20,21)/t10?,11?,12-,13+,14?/m0/s1. The number of carbonyl (C=O) groups is 2. The van der Waals surface area contributed by atoms with Gasteiger partial charge in [0.15, 0.2) is 0 Å². The maximum absolute atomic E-state index is 12.5. The van der Waals surface area contributed by atoms with Gasteiger partial charge in [-0.05, 0) is 31.6 Å². The van der Waals surface area contributed by atoms with Gasteiger partial charge in [0.2, 0.25) is 5.91 Å². The summed E-state index contributed by atoms with van der Waals surface area (Å²) in [4.78, 5) is 23.9. The van der Waals surface area contributed by atoms with Crippen LogP contribution in [0.3, 0.4) is 0 Å². The number of rotatable bonds is 5. The summed E-state index contributed by atoms with van der Waals surface area (Å²) >= 11 is 0. The summed E-state index contributed by atoms with van der Waals surface area (Å²) in [7, 11) is 0. The van der Waals surface area contributed by atoms with Gasteiger partial charge in [-0.1, -0.05) is 26.2 Å². The molecule has 0 aromatic heterocycles. The molecular weight excluding hydrogens is 270 g/mol. The van der Waals surface area contributed by atoms with Crippen molar-refractivity contribution in [3.05, 3.63) is 0 Å².